The van der Waals surface area contributed by atoms with Gasteiger partial charge in [-0.2, -0.15) is 8.78 Å². The van der Waals surface area contributed by atoms with Crippen LogP contribution in [0.4, 0.5) is 8.78 Å². The Morgan fingerprint density at radius 3 is 2.49 bits per heavy atom. The predicted octanol–water partition coefficient (Wildman–Crippen LogP) is 6.23. The number of nitrogens with two attached hydrogens (primary N) is 1. The molecule has 1 atom stereocenters. The fourth-order valence-electron chi connectivity index (χ4n) is 3.23. The Balaban J connectivity index is 0.00000241. The largest absolute Gasteiger partial charge is 0.489 e. The van der Waals surface area contributed by atoms with Gasteiger partial charge in [0.2, 0.25) is 5.89 Å². The number of nitrogens with zero attached hydrogens (tertiary/aromatic N) is 2. The number of halogens is 6. The maximum absolute atomic E-state index is 12.9. The van der Waals surface area contributed by atoms with Crippen molar-refractivity contribution in [1.82, 2.24) is 15.3 Å². The number of hydrogen-bond acceptors (Lipinski definition) is 7. The second-order valence-corrected chi connectivity index (χ2v) is 8.89. The molecule has 4 rings (SSSR count). The van der Waals surface area contributed by atoms with Crippen molar-refractivity contribution >= 4 is 53.9 Å². The summed E-state index contributed by atoms with van der Waals surface area (Å²) in [7, 11) is 0. The van der Waals surface area contributed by atoms with Gasteiger partial charge in [-0.1, -0.05) is 23.2 Å². The number of pyridine rings is 1. The van der Waals surface area contributed by atoms with Crippen molar-refractivity contribution in [3.8, 4) is 23.0 Å². The second kappa shape index (κ2) is 13.4. The Bertz CT molecular complexity index is 1210. The first kappa shape index (κ1) is 30.9. The van der Waals surface area contributed by atoms with Crippen LogP contribution in [0.5, 0.6) is 11.5 Å². The van der Waals surface area contributed by atoms with Gasteiger partial charge in [-0.25, -0.2) is 4.98 Å². The fraction of sp³-hybridized carbons (Fsp3) is 0.348. The van der Waals surface area contributed by atoms with Gasteiger partial charge >= 0.3 is 6.61 Å². The van der Waals surface area contributed by atoms with Crippen molar-refractivity contribution in [3.05, 3.63) is 57.7 Å². The third kappa shape index (κ3) is 7.81. The Morgan fingerprint density at radius 1 is 1.22 bits per heavy atom. The van der Waals surface area contributed by atoms with E-state index in [4.69, 9.17) is 38.1 Å². The number of nitrogens with one attached hydrogen (secondary N) is 1. The third-order valence-electron chi connectivity index (χ3n) is 5.24. The molecular weight excluding hydrogens is 576 g/mol. The van der Waals surface area contributed by atoms with Crippen LogP contribution < -0.4 is 20.5 Å². The van der Waals surface area contributed by atoms with Crippen molar-refractivity contribution in [2.45, 2.75) is 39.0 Å². The van der Waals surface area contributed by atoms with Crippen LogP contribution in [0.15, 0.2) is 35.0 Å². The van der Waals surface area contributed by atoms with E-state index in [2.05, 4.69) is 20.0 Å². The van der Waals surface area contributed by atoms with E-state index in [1.54, 1.807) is 6.92 Å². The highest BCUT2D eigenvalue weighted by Crippen LogP contribution is 2.37. The van der Waals surface area contributed by atoms with Crippen LogP contribution in [0, 0.1) is 5.92 Å². The second-order valence-electron chi connectivity index (χ2n) is 8.08. The van der Waals surface area contributed by atoms with Gasteiger partial charge in [-0.05, 0) is 43.9 Å². The van der Waals surface area contributed by atoms with Crippen molar-refractivity contribution in [2.75, 3.05) is 6.61 Å². The first-order valence-electron chi connectivity index (χ1n) is 10.8. The molecule has 1 saturated carbocycles. The Kier molecular flexibility index (Phi) is 11.2. The van der Waals surface area contributed by atoms with E-state index in [0.717, 1.165) is 12.8 Å². The lowest BCUT2D eigenvalue weighted by molar-refractivity contribution is -0.0515. The van der Waals surface area contributed by atoms with Gasteiger partial charge in [0, 0.05) is 30.1 Å². The molecule has 3 N–H and O–H groups in total. The molecule has 0 bridgehead atoms. The molecule has 37 heavy (non-hydrogen) atoms. The van der Waals surface area contributed by atoms with Crippen LogP contribution in [0.3, 0.4) is 0 Å². The van der Waals surface area contributed by atoms with Gasteiger partial charge in [-0.3, -0.25) is 9.78 Å². The maximum Gasteiger partial charge on any atom is 0.387 e. The van der Waals surface area contributed by atoms with Gasteiger partial charge in [0.15, 0.2) is 23.0 Å². The van der Waals surface area contributed by atoms with E-state index in [-0.39, 0.29) is 60.2 Å². The molecule has 8 nitrogen and oxygen atoms in total. The molecule has 14 heteroatoms. The molecule has 2 heterocycles. The van der Waals surface area contributed by atoms with Crippen LogP contribution in [-0.2, 0) is 6.54 Å². The average molecular weight is 600 g/mol. The molecule has 0 spiro atoms. The summed E-state index contributed by atoms with van der Waals surface area (Å²) in [5.74, 6) is 0.0806. The summed E-state index contributed by atoms with van der Waals surface area (Å²) in [4.78, 5) is 21.1. The third-order valence-corrected chi connectivity index (χ3v) is 5.89. The van der Waals surface area contributed by atoms with Crippen molar-refractivity contribution in [2.24, 2.45) is 11.7 Å². The summed E-state index contributed by atoms with van der Waals surface area (Å²) < 4.78 is 41.7. The maximum atomic E-state index is 12.9. The number of benzene rings is 1. The molecule has 0 radical (unpaired) electrons. The topological polar surface area (TPSA) is 113 Å². The number of rotatable bonds is 10. The predicted molar refractivity (Wildman–Crippen MR) is 139 cm³/mol. The number of ether oxygens (including phenoxy) is 2. The Hall–Kier alpha value is -2.37. The van der Waals surface area contributed by atoms with Gasteiger partial charge in [-0.15, -0.1) is 24.8 Å². The summed E-state index contributed by atoms with van der Waals surface area (Å²) in [6.45, 7) is -0.957. The first-order chi connectivity index (χ1) is 16.7. The highest BCUT2D eigenvalue weighted by Gasteiger charge is 2.26. The molecule has 0 saturated heterocycles. The quantitative estimate of drug-likeness (QED) is 0.284. The zero-order chi connectivity index (χ0) is 25.1. The normalized spacial score (nSPS) is 13.4. The number of alkyl halides is 2. The molecule has 1 aliphatic rings. The molecule has 2 aromatic heterocycles. The van der Waals surface area contributed by atoms with Gasteiger partial charge in [0.05, 0.1) is 22.7 Å². The molecule has 3 aromatic rings. The van der Waals surface area contributed by atoms with Crippen LogP contribution in [-0.4, -0.2) is 29.1 Å². The lowest BCUT2D eigenvalue weighted by Crippen LogP contribution is -2.25. The summed E-state index contributed by atoms with van der Waals surface area (Å²) in [6.07, 6.45) is 4.88. The van der Waals surface area contributed by atoms with E-state index < -0.39 is 18.6 Å². The molecule has 202 valence electrons. The molecule has 1 unspecified atom stereocenters. The molecular formula is C23H24Cl4F2N4O4. The minimum absolute atomic E-state index is 0. The molecule has 1 amide bonds. The minimum atomic E-state index is -3.01. The fourth-order valence-corrected chi connectivity index (χ4v) is 3.72. The zero-order valence-electron chi connectivity index (χ0n) is 19.4. The van der Waals surface area contributed by atoms with Gasteiger partial charge < -0.3 is 24.9 Å². The van der Waals surface area contributed by atoms with E-state index in [0.29, 0.717) is 33.7 Å². The Labute approximate surface area is 234 Å². The van der Waals surface area contributed by atoms with E-state index >= 15 is 0 Å². The highest BCUT2D eigenvalue weighted by molar-refractivity contribution is 6.35. The van der Waals surface area contributed by atoms with E-state index in [1.807, 2.05) is 0 Å². The number of oxazole rings is 1. The highest BCUT2D eigenvalue weighted by atomic mass is 35.5. The van der Waals surface area contributed by atoms with Crippen LogP contribution in [0.2, 0.25) is 10.0 Å². The lowest BCUT2D eigenvalue weighted by Gasteiger charge is -2.12. The number of carbonyl (C=O) groups excluding carboxylic acids is 1. The molecule has 1 aromatic carbocycles. The average Bonchev–Trinajstić information content (AvgIpc) is 3.52. The summed E-state index contributed by atoms with van der Waals surface area (Å²) >= 11 is 12.2. The zero-order valence-corrected chi connectivity index (χ0v) is 22.5. The SMILES string of the molecule is CC(N)c1oc(-c2ccc(OC(F)F)c(OCC3CC3)c2)nc1C(=O)NCc1c(Cl)cncc1Cl.Cl.Cl. The monoisotopic (exact) mass is 598 g/mol. The summed E-state index contributed by atoms with van der Waals surface area (Å²) in [5.41, 5.74) is 6.88. The standard InChI is InChI=1S/C23H22Cl2F2N4O4.2ClH/c1-11(28)20-19(21(32)30-7-14-15(24)8-29-9-16(14)25)31-22(35-20)13-4-5-17(34-23(26)27)18(6-13)33-10-12-2-3-12;;/h4-6,8-9,11-12,23H,2-3,7,10,28H2,1H3,(H,30,32);2*1H. The number of aromatic nitrogens is 2. The lowest BCUT2D eigenvalue weighted by atomic mass is 10.2. The Morgan fingerprint density at radius 2 is 1.89 bits per heavy atom. The summed E-state index contributed by atoms with van der Waals surface area (Å²) in [6, 6.07) is 3.65. The number of hydrogen-bond donors (Lipinski definition) is 2. The van der Waals surface area contributed by atoms with Crippen molar-refractivity contribution in [1.29, 1.82) is 0 Å². The summed E-state index contributed by atoms with van der Waals surface area (Å²) in [5, 5.41) is 3.30. The first-order valence-corrected chi connectivity index (χ1v) is 11.5. The van der Waals surface area contributed by atoms with E-state index in [1.165, 1.54) is 30.6 Å². The smallest absolute Gasteiger partial charge is 0.387 e. The van der Waals surface area contributed by atoms with Crippen LogP contribution in [0.25, 0.3) is 11.5 Å². The van der Waals surface area contributed by atoms with E-state index in [9.17, 15) is 13.6 Å². The van der Waals surface area contributed by atoms with Crippen molar-refractivity contribution < 1.29 is 27.5 Å². The molecule has 0 aliphatic heterocycles. The van der Waals surface area contributed by atoms with Crippen molar-refractivity contribution in [3.63, 3.8) is 0 Å². The molecule has 1 aliphatic carbocycles. The van der Waals surface area contributed by atoms with Gasteiger partial charge in [0.1, 0.15) is 0 Å². The number of carbonyl (C=O) groups is 1. The minimum Gasteiger partial charge on any atom is -0.489 e. The number of amides is 1. The van der Waals surface area contributed by atoms with Crippen LogP contribution in [0.1, 0.15) is 47.6 Å². The molecule has 1 fully saturated rings. The van der Waals surface area contributed by atoms with Gasteiger partial charge in [0.25, 0.3) is 5.91 Å². The van der Waals surface area contributed by atoms with Crippen LogP contribution >= 0.6 is 48.0 Å².